The average molecular weight is 271 g/mol. The second-order valence-corrected chi connectivity index (χ2v) is 4.80. The number of carbonyl (C=O) groups is 2. The quantitative estimate of drug-likeness (QED) is 0.864. The molecule has 0 fully saturated rings. The molecule has 0 spiro atoms. The molecule has 0 aliphatic carbocycles. The van der Waals surface area contributed by atoms with Crippen molar-refractivity contribution >= 4 is 11.9 Å². The Morgan fingerprint density at radius 1 is 1.37 bits per heavy atom. The molecular formula is C13H15F2NO3. The number of carboxylic acid groups (broad SMARTS) is 1. The van der Waals surface area contributed by atoms with Crippen molar-refractivity contribution in [1.82, 2.24) is 5.32 Å². The van der Waals surface area contributed by atoms with E-state index in [-0.39, 0.29) is 17.7 Å². The second-order valence-electron chi connectivity index (χ2n) is 4.80. The van der Waals surface area contributed by atoms with Crippen LogP contribution in [-0.4, -0.2) is 23.5 Å². The molecule has 0 saturated carbocycles. The van der Waals surface area contributed by atoms with E-state index in [1.807, 2.05) is 0 Å². The molecule has 0 heterocycles. The third kappa shape index (κ3) is 4.01. The number of carboxylic acids is 1. The van der Waals surface area contributed by atoms with Gasteiger partial charge in [0.25, 0.3) is 12.3 Å². The number of alkyl halides is 2. The molecule has 0 radical (unpaired) electrons. The number of hydrogen-bond donors (Lipinski definition) is 2. The third-order valence-electron chi connectivity index (χ3n) is 2.67. The van der Waals surface area contributed by atoms with Crippen molar-refractivity contribution < 1.29 is 23.5 Å². The lowest BCUT2D eigenvalue weighted by atomic mass is 9.94. The Morgan fingerprint density at radius 3 is 2.53 bits per heavy atom. The topological polar surface area (TPSA) is 66.4 Å². The Kier molecular flexibility index (Phi) is 4.58. The van der Waals surface area contributed by atoms with Gasteiger partial charge in [-0.2, -0.15) is 0 Å². The lowest BCUT2D eigenvalue weighted by Gasteiger charge is -2.19. The molecule has 2 N–H and O–H groups in total. The Labute approximate surface area is 109 Å². The van der Waals surface area contributed by atoms with Crippen LogP contribution in [0.4, 0.5) is 8.78 Å². The third-order valence-corrected chi connectivity index (χ3v) is 2.67. The number of amides is 1. The van der Waals surface area contributed by atoms with E-state index in [1.165, 1.54) is 32.0 Å². The summed E-state index contributed by atoms with van der Waals surface area (Å²) in [6.45, 7) is 2.84. The zero-order valence-corrected chi connectivity index (χ0v) is 10.6. The van der Waals surface area contributed by atoms with Gasteiger partial charge in [0, 0.05) is 17.7 Å². The summed E-state index contributed by atoms with van der Waals surface area (Å²) in [7, 11) is 0. The van der Waals surface area contributed by atoms with E-state index >= 15 is 0 Å². The first-order chi connectivity index (χ1) is 8.74. The van der Waals surface area contributed by atoms with Gasteiger partial charge in [-0.25, -0.2) is 8.78 Å². The Morgan fingerprint density at radius 2 is 2.00 bits per heavy atom. The van der Waals surface area contributed by atoms with Crippen LogP contribution in [0.2, 0.25) is 0 Å². The lowest BCUT2D eigenvalue weighted by Crippen LogP contribution is -2.38. The van der Waals surface area contributed by atoms with Crippen LogP contribution in [0.25, 0.3) is 0 Å². The fraction of sp³-hybridized carbons (Fsp3) is 0.385. The smallest absolute Gasteiger partial charge is 0.310 e. The van der Waals surface area contributed by atoms with Crippen LogP contribution >= 0.6 is 0 Å². The van der Waals surface area contributed by atoms with Crippen molar-refractivity contribution in [2.24, 2.45) is 5.41 Å². The Bertz CT molecular complexity index is 487. The van der Waals surface area contributed by atoms with Gasteiger partial charge in [-0.1, -0.05) is 12.1 Å². The van der Waals surface area contributed by atoms with Gasteiger partial charge in [-0.15, -0.1) is 0 Å². The highest BCUT2D eigenvalue weighted by Crippen LogP contribution is 2.19. The van der Waals surface area contributed by atoms with E-state index in [4.69, 9.17) is 5.11 Å². The summed E-state index contributed by atoms with van der Waals surface area (Å²) in [6.07, 6.45) is -2.65. The highest BCUT2D eigenvalue weighted by atomic mass is 19.3. The van der Waals surface area contributed by atoms with E-state index in [2.05, 4.69) is 5.32 Å². The maximum Gasteiger partial charge on any atom is 0.310 e. The van der Waals surface area contributed by atoms with Crippen molar-refractivity contribution in [2.45, 2.75) is 20.3 Å². The molecule has 1 rings (SSSR count). The van der Waals surface area contributed by atoms with E-state index in [9.17, 15) is 18.4 Å². The molecule has 0 atom stereocenters. The largest absolute Gasteiger partial charge is 0.481 e. The number of rotatable bonds is 5. The molecule has 0 saturated heterocycles. The summed E-state index contributed by atoms with van der Waals surface area (Å²) in [4.78, 5) is 22.6. The van der Waals surface area contributed by atoms with E-state index in [1.54, 1.807) is 0 Å². The van der Waals surface area contributed by atoms with Gasteiger partial charge in [0.2, 0.25) is 0 Å². The summed E-state index contributed by atoms with van der Waals surface area (Å²) in [6, 6.07) is 5.07. The average Bonchev–Trinajstić information content (AvgIpc) is 2.36. The standard InChI is InChI=1S/C13H15F2NO3/c1-13(2,12(18)19)7-16-11(17)9-5-3-4-8(6-9)10(14)15/h3-6,10H,7H2,1-2H3,(H,16,17)(H,18,19). The summed E-state index contributed by atoms with van der Waals surface area (Å²) in [5.41, 5.74) is -1.28. The van der Waals surface area contributed by atoms with Crippen molar-refractivity contribution in [3.63, 3.8) is 0 Å². The molecule has 0 aliphatic rings. The number of aliphatic carboxylic acids is 1. The van der Waals surface area contributed by atoms with Gasteiger partial charge in [-0.05, 0) is 26.0 Å². The minimum absolute atomic E-state index is 0.0824. The lowest BCUT2D eigenvalue weighted by molar-refractivity contribution is -0.146. The summed E-state index contributed by atoms with van der Waals surface area (Å²) < 4.78 is 25.0. The predicted octanol–water partition coefficient (Wildman–Crippen LogP) is 2.46. The fourth-order valence-corrected chi connectivity index (χ4v) is 1.29. The monoisotopic (exact) mass is 271 g/mol. The van der Waals surface area contributed by atoms with Gasteiger partial charge in [0.15, 0.2) is 0 Å². The molecule has 0 bridgehead atoms. The van der Waals surface area contributed by atoms with Crippen LogP contribution < -0.4 is 5.32 Å². The minimum atomic E-state index is -2.65. The highest BCUT2D eigenvalue weighted by molar-refractivity contribution is 5.94. The Balaban J connectivity index is 2.74. The van der Waals surface area contributed by atoms with Crippen molar-refractivity contribution in [3.8, 4) is 0 Å². The second kappa shape index (κ2) is 5.77. The van der Waals surface area contributed by atoms with Gasteiger partial charge in [0.05, 0.1) is 5.41 Å². The first-order valence-electron chi connectivity index (χ1n) is 5.64. The molecule has 0 aliphatic heterocycles. The molecule has 1 amide bonds. The van der Waals surface area contributed by atoms with Gasteiger partial charge >= 0.3 is 5.97 Å². The summed E-state index contributed by atoms with van der Waals surface area (Å²) in [5.74, 6) is -1.62. The normalized spacial score (nSPS) is 11.4. The first-order valence-corrected chi connectivity index (χ1v) is 5.64. The number of halogens is 2. The molecule has 0 unspecified atom stereocenters. The molecule has 19 heavy (non-hydrogen) atoms. The number of carbonyl (C=O) groups excluding carboxylic acids is 1. The first kappa shape index (κ1) is 15.1. The van der Waals surface area contributed by atoms with Gasteiger partial charge in [-0.3, -0.25) is 9.59 Å². The van der Waals surface area contributed by atoms with Crippen LogP contribution in [0.1, 0.15) is 36.2 Å². The molecule has 104 valence electrons. The maximum atomic E-state index is 12.5. The van der Waals surface area contributed by atoms with E-state index in [0.717, 1.165) is 6.07 Å². The predicted molar refractivity (Wildman–Crippen MR) is 65.1 cm³/mol. The van der Waals surface area contributed by atoms with Gasteiger partial charge in [0.1, 0.15) is 0 Å². The molecule has 1 aromatic rings. The Hall–Kier alpha value is -1.98. The highest BCUT2D eigenvalue weighted by Gasteiger charge is 2.27. The van der Waals surface area contributed by atoms with Crippen LogP contribution in [0.3, 0.4) is 0 Å². The fourth-order valence-electron chi connectivity index (χ4n) is 1.29. The molecular weight excluding hydrogens is 256 g/mol. The molecule has 6 heteroatoms. The van der Waals surface area contributed by atoms with E-state index < -0.39 is 23.7 Å². The van der Waals surface area contributed by atoms with Crippen LogP contribution in [0, 0.1) is 5.41 Å². The minimum Gasteiger partial charge on any atom is -0.481 e. The van der Waals surface area contributed by atoms with Crippen molar-refractivity contribution in [1.29, 1.82) is 0 Å². The summed E-state index contributed by atoms with van der Waals surface area (Å²) in [5, 5.41) is 11.3. The number of benzene rings is 1. The SMILES string of the molecule is CC(C)(CNC(=O)c1cccc(C(F)F)c1)C(=O)O. The van der Waals surface area contributed by atoms with E-state index in [0.29, 0.717) is 0 Å². The molecule has 0 aromatic heterocycles. The zero-order valence-electron chi connectivity index (χ0n) is 10.6. The number of nitrogens with one attached hydrogen (secondary N) is 1. The summed E-state index contributed by atoms with van der Waals surface area (Å²) >= 11 is 0. The van der Waals surface area contributed by atoms with Crippen molar-refractivity contribution in [3.05, 3.63) is 35.4 Å². The molecule has 1 aromatic carbocycles. The van der Waals surface area contributed by atoms with Gasteiger partial charge < -0.3 is 10.4 Å². The molecule has 4 nitrogen and oxygen atoms in total. The maximum absolute atomic E-state index is 12.5. The van der Waals surface area contributed by atoms with Crippen LogP contribution in [0.5, 0.6) is 0 Å². The van der Waals surface area contributed by atoms with Crippen LogP contribution in [-0.2, 0) is 4.79 Å². The zero-order chi connectivity index (χ0) is 14.6. The number of hydrogen-bond acceptors (Lipinski definition) is 2. The van der Waals surface area contributed by atoms with Crippen molar-refractivity contribution in [2.75, 3.05) is 6.54 Å². The van der Waals surface area contributed by atoms with Crippen LogP contribution in [0.15, 0.2) is 24.3 Å².